The first-order valence-corrected chi connectivity index (χ1v) is 8.56. The average Bonchev–Trinajstić information content (AvgIpc) is 2.93. The molecule has 1 aliphatic carbocycles. The summed E-state index contributed by atoms with van der Waals surface area (Å²) in [4.78, 5) is 0. The number of methoxy groups -OCH3 is 1. The van der Waals surface area contributed by atoms with E-state index >= 15 is 0 Å². The smallest absolute Gasteiger partial charge is 0.161 e. The number of ether oxygens (including phenoxy) is 2. The molecule has 2 aliphatic rings. The van der Waals surface area contributed by atoms with E-state index in [-0.39, 0.29) is 5.41 Å². The molecule has 1 aromatic rings. The van der Waals surface area contributed by atoms with Crippen LogP contribution in [0.3, 0.4) is 0 Å². The van der Waals surface area contributed by atoms with Gasteiger partial charge in [0, 0.05) is 23.5 Å². The van der Waals surface area contributed by atoms with Crippen LogP contribution in [-0.4, -0.2) is 31.3 Å². The van der Waals surface area contributed by atoms with Gasteiger partial charge in [-0.15, -0.1) is 0 Å². The van der Waals surface area contributed by atoms with Crippen LogP contribution in [0.2, 0.25) is 0 Å². The van der Waals surface area contributed by atoms with E-state index in [9.17, 15) is 0 Å². The van der Waals surface area contributed by atoms with Gasteiger partial charge in [0.25, 0.3) is 0 Å². The Morgan fingerprint density at radius 2 is 2.00 bits per heavy atom. The van der Waals surface area contributed by atoms with Gasteiger partial charge in [-0.1, -0.05) is 18.9 Å². The summed E-state index contributed by atoms with van der Waals surface area (Å²) >= 11 is 1.92. The van der Waals surface area contributed by atoms with Crippen LogP contribution in [0.25, 0.3) is 0 Å². The Morgan fingerprint density at radius 1 is 1.25 bits per heavy atom. The van der Waals surface area contributed by atoms with Crippen molar-refractivity contribution >= 4 is 11.8 Å². The van der Waals surface area contributed by atoms with Gasteiger partial charge >= 0.3 is 0 Å². The highest BCUT2D eigenvalue weighted by Crippen LogP contribution is 2.43. The van der Waals surface area contributed by atoms with Gasteiger partial charge in [-0.3, -0.25) is 0 Å². The zero-order chi connectivity index (χ0) is 14.0. The lowest BCUT2D eigenvalue weighted by Crippen LogP contribution is -2.32. The van der Waals surface area contributed by atoms with Crippen LogP contribution in [0.15, 0.2) is 18.2 Å². The molecule has 0 aromatic heterocycles. The summed E-state index contributed by atoms with van der Waals surface area (Å²) in [5.74, 6) is 3.88. The Morgan fingerprint density at radius 3 is 2.55 bits per heavy atom. The molecule has 4 heteroatoms. The molecule has 3 nitrogen and oxygen atoms in total. The molecular formula is C16H23NO2S. The Bertz CT molecular complexity index is 468. The second kappa shape index (κ2) is 5.86. The molecule has 20 heavy (non-hydrogen) atoms. The molecule has 1 saturated heterocycles. The quantitative estimate of drug-likeness (QED) is 0.906. The van der Waals surface area contributed by atoms with Crippen molar-refractivity contribution in [3.63, 3.8) is 0 Å². The molecule has 3 rings (SSSR count). The summed E-state index contributed by atoms with van der Waals surface area (Å²) in [5, 5.41) is 0. The highest BCUT2D eigenvalue weighted by Gasteiger charge is 2.35. The summed E-state index contributed by atoms with van der Waals surface area (Å²) < 4.78 is 11.5. The number of nitrogens with two attached hydrogens (primary N) is 1. The SMILES string of the molecule is COc1cc(C2(CN)CCCC2)ccc1OC1CSC1. The molecule has 0 amide bonds. The van der Waals surface area contributed by atoms with Gasteiger partial charge in [0.05, 0.1) is 7.11 Å². The highest BCUT2D eigenvalue weighted by atomic mass is 32.2. The first kappa shape index (κ1) is 14.1. The van der Waals surface area contributed by atoms with Crippen molar-refractivity contribution < 1.29 is 9.47 Å². The molecule has 1 aliphatic heterocycles. The van der Waals surface area contributed by atoms with Gasteiger partial charge in [-0.25, -0.2) is 0 Å². The van der Waals surface area contributed by atoms with Gasteiger partial charge in [-0.05, 0) is 30.5 Å². The van der Waals surface area contributed by atoms with Crippen molar-refractivity contribution in [2.45, 2.75) is 37.2 Å². The molecule has 2 N–H and O–H groups in total. The molecule has 0 atom stereocenters. The molecule has 110 valence electrons. The van der Waals surface area contributed by atoms with Crippen LogP contribution in [0.4, 0.5) is 0 Å². The van der Waals surface area contributed by atoms with Crippen molar-refractivity contribution in [1.82, 2.24) is 0 Å². The summed E-state index contributed by atoms with van der Waals surface area (Å²) in [6.07, 6.45) is 5.27. The highest BCUT2D eigenvalue weighted by molar-refractivity contribution is 8.00. The van der Waals surface area contributed by atoms with Crippen LogP contribution < -0.4 is 15.2 Å². The summed E-state index contributed by atoms with van der Waals surface area (Å²) in [5.41, 5.74) is 7.53. The van der Waals surface area contributed by atoms with Crippen LogP contribution in [0.1, 0.15) is 31.2 Å². The zero-order valence-electron chi connectivity index (χ0n) is 12.1. The first-order chi connectivity index (χ1) is 9.77. The fourth-order valence-corrected chi connectivity index (χ4v) is 3.78. The molecule has 1 saturated carbocycles. The van der Waals surface area contributed by atoms with Crippen molar-refractivity contribution in [3.05, 3.63) is 23.8 Å². The topological polar surface area (TPSA) is 44.5 Å². The fourth-order valence-electron chi connectivity index (χ4n) is 3.22. The molecule has 0 unspecified atom stereocenters. The standard InChI is InChI=1S/C16H23NO2S/c1-18-15-8-12(16(11-17)6-2-3-7-16)4-5-14(15)19-13-9-20-10-13/h4-5,8,13H,2-3,6-7,9-11,17H2,1H3. The van der Waals surface area contributed by atoms with Gasteiger partial charge in [-0.2, -0.15) is 11.8 Å². The van der Waals surface area contributed by atoms with Gasteiger partial charge in [0.1, 0.15) is 6.10 Å². The van der Waals surface area contributed by atoms with E-state index in [1.165, 1.54) is 31.2 Å². The van der Waals surface area contributed by atoms with Crippen molar-refractivity contribution in [3.8, 4) is 11.5 Å². The number of rotatable bonds is 5. The predicted molar refractivity (Wildman–Crippen MR) is 83.9 cm³/mol. The van der Waals surface area contributed by atoms with Crippen LogP contribution in [0.5, 0.6) is 11.5 Å². The minimum Gasteiger partial charge on any atom is -0.493 e. The summed E-state index contributed by atoms with van der Waals surface area (Å²) in [6.45, 7) is 0.718. The zero-order valence-corrected chi connectivity index (χ0v) is 12.9. The number of hydrogen-bond acceptors (Lipinski definition) is 4. The largest absolute Gasteiger partial charge is 0.493 e. The lowest BCUT2D eigenvalue weighted by atomic mass is 9.79. The lowest BCUT2D eigenvalue weighted by Gasteiger charge is -2.30. The van der Waals surface area contributed by atoms with Gasteiger partial charge < -0.3 is 15.2 Å². The van der Waals surface area contributed by atoms with Gasteiger partial charge in [0.15, 0.2) is 11.5 Å². The molecule has 2 fully saturated rings. The number of benzene rings is 1. The van der Waals surface area contributed by atoms with Crippen molar-refractivity contribution in [1.29, 1.82) is 0 Å². The average molecular weight is 293 g/mol. The number of thioether (sulfide) groups is 1. The maximum atomic E-state index is 6.07. The Kier molecular flexibility index (Phi) is 4.13. The monoisotopic (exact) mass is 293 g/mol. The van der Waals surface area contributed by atoms with Crippen molar-refractivity contribution in [2.24, 2.45) is 5.73 Å². The van der Waals surface area contributed by atoms with Crippen molar-refractivity contribution in [2.75, 3.05) is 25.2 Å². The molecule has 0 bridgehead atoms. The van der Waals surface area contributed by atoms with E-state index in [2.05, 4.69) is 18.2 Å². The van der Waals surface area contributed by atoms with E-state index < -0.39 is 0 Å². The van der Waals surface area contributed by atoms with E-state index in [4.69, 9.17) is 15.2 Å². The minimum atomic E-state index is 0.151. The molecule has 1 heterocycles. The van der Waals surface area contributed by atoms with Crippen LogP contribution >= 0.6 is 11.8 Å². The van der Waals surface area contributed by atoms with Crippen LogP contribution in [-0.2, 0) is 5.41 Å². The van der Waals surface area contributed by atoms with E-state index in [0.717, 1.165) is 29.5 Å². The van der Waals surface area contributed by atoms with E-state index in [0.29, 0.717) is 6.10 Å². The Labute approximate surface area is 125 Å². The van der Waals surface area contributed by atoms with Gasteiger partial charge in [0.2, 0.25) is 0 Å². The molecule has 0 spiro atoms. The number of hydrogen-bond donors (Lipinski definition) is 1. The Hall–Kier alpha value is -0.870. The second-order valence-corrected chi connectivity index (χ2v) is 6.91. The third kappa shape index (κ3) is 2.51. The normalized spacial score (nSPS) is 21.5. The van der Waals surface area contributed by atoms with Crippen LogP contribution in [0, 0.1) is 0 Å². The third-order valence-corrected chi connectivity index (χ3v) is 5.84. The van der Waals surface area contributed by atoms with E-state index in [1.54, 1.807) is 7.11 Å². The fraction of sp³-hybridized carbons (Fsp3) is 0.625. The molecule has 0 radical (unpaired) electrons. The minimum absolute atomic E-state index is 0.151. The summed E-state index contributed by atoms with van der Waals surface area (Å²) in [6, 6.07) is 6.38. The Balaban J connectivity index is 1.85. The predicted octanol–water partition coefficient (Wildman–Crippen LogP) is 2.96. The third-order valence-electron chi connectivity index (χ3n) is 4.63. The maximum Gasteiger partial charge on any atom is 0.161 e. The summed E-state index contributed by atoms with van der Waals surface area (Å²) in [7, 11) is 1.71. The van der Waals surface area contributed by atoms with E-state index in [1.807, 2.05) is 11.8 Å². The molecular weight excluding hydrogens is 270 g/mol. The first-order valence-electron chi connectivity index (χ1n) is 7.40. The maximum absolute atomic E-state index is 6.07. The second-order valence-electron chi connectivity index (χ2n) is 5.83. The molecule has 1 aromatic carbocycles. The lowest BCUT2D eigenvalue weighted by molar-refractivity contribution is 0.228.